The standard InChI is InChI=1S/C21H35NO4S/c1-16(2)18(7-8-19(23)14-22-15-27)12-17-6-9-20(25-4)21(13-17)26-11-5-10-24-3/h6,9,13,15-16,18-19,23H,5,7-8,10-12,14H2,1-4H3,(H,22,27). The molecule has 27 heavy (non-hydrogen) atoms. The Morgan fingerprint density at radius 1 is 1.15 bits per heavy atom. The van der Waals surface area contributed by atoms with Crippen molar-refractivity contribution in [3.8, 4) is 11.5 Å². The van der Waals surface area contributed by atoms with Gasteiger partial charge in [0.2, 0.25) is 0 Å². The molecule has 1 aromatic carbocycles. The summed E-state index contributed by atoms with van der Waals surface area (Å²) in [4.78, 5) is 0. The minimum Gasteiger partial charge on any atom is -0.493 e. The van der Waals surface area contributed by atoms with Gasteiger partial charge in [-0.15, -0.1) is 0 Å². The van der Waals surface area contributed by atoms with Gasteiger partial charge in [-0.2, -0.15) is 0 Å². The number of aliphatic hydroxyl groups excluding tert-OH is 1. The van der Waals surface area contributed by atoms with E-state index in [-0.39, 0.29) is 6.10 Å². The van der Waals surface area contributed by atoms with Gasteiger partial charge in [0.15, 0.2) is 11.5 Å². The van der Waals surface area contributed by atoms with Crippen LogP contribution in [0.3, 0.4) is 0 Å². The molecular weight excluding hydrogens is 362 g/mol. The van der Waals surface area contributed by atoms with Crippen molar-refractivity contribution in [2.24, 2.45) is 11.8 Å². The normalized spacial score (nSPS) is 13.3. The third-order valence-electron chi connectivity index (χ3n) is 4.73. The highest BCUT2D eigenvalue weighted by Crippen LogP contribution is 2.31. The number of hydrogen-bond donors (Lipinski definition) is 2. The molecule has 1 aromatic rings. The Hall–Kier alpha value is -1.37. The zero-order chi connectivity index (χ0) is 20.1. The van der Waals surface area contributed by atoms with Gasteiger partial charge in [-0.3, -0.25) is 0 Å². The smallest absolute Gasteiger partial charge is 0.161 e. The van der Waals surface area contributed by atoms with Crippen LogP contribution < -0.4 is 14.8 Å². The van der Waals surface area contributed by atoms with Gasteiger partial charge in [0, 0.05) is 26.7 Å². The molecule has 6 heteroatoms. The molecule has 154 valence electrons. The number of nitrogens with one attached hydrogen (secondary N) is 1. The molecule has 0 heterocycles. The largest absolute Gasteiger partial charge is 0.493 e. The number of ether oxygens (including phenoxy) is 3. The van der Waals surface area contributed by atoms with Crippen LogP contribution in [-0.4, -0.2) is 50.7 Å². The van der Waals surface area contributed by atoms with Gasteiger partial charge in [0.25, 0.3) is 0 Å². The molecule has 0 bridgehead atoms. The highest BCUT2D eigenvalue weighted by Gasteiger charge is 2.17. The number of aliphatic hydroxyl groups is 1. The molecule has 2 unspecified atom stereocenters. The van der Waals surface area contributed by atoms with Gasteiger partial charge in [-0.1, -0.05) is 32.1 Å². The van der Waals surface area contributed by atoms with Crippen molar-refractivity contribution >= 4 is 17.7 Å². The molecule has 0 fully saturated rings. The topological polar surface area (TPSA) is 60.0 Å². The van der Waals surface area contributed by atoms with Crippen LogP contribution in [-0.2, 0) is 11.2 Å². The lowest BCUT2D eigenvalue weighted by atomic mass is 9.85. The molecule has 2 atom stereocenters. The zero-order valence-electron chi connectivity index (χ0n) is 17.1. The first kappa shape index (κ1) is 23.7. The molecule has 5 nitrogen and oxygen atoms in total. The first-order valence-corrected chi connectivity index (χ1v) is 10.1. The molecule has 0 saturated carbocycles. The van der Waals surface area contributed by atoms with Crippen molar-refractivity contribution in [1.82, 2.24) is 5.32 Å². The maximum absolute atomic E-state index is 10.1. The van der Waals surface area contributed by atoms with Crippen LogP contribution in [0.1, 0.15) is 38.7 Å². The quantitative estimate of drug-likeness (QED) is 0.348. The average molecular weight is 398 g/mol. The van der Waals surface area contributed by atoms with E-state index >= 15 is 0 Å². The fourth-order valence-corrected chi connectivity index (χ4v) is 3.11. The van der Waals surface area contributed by atoms with Crippen LogP contribution in [0.25, 0.3) is 0 Å². The van der Waals surface area contributed by atoms with Gasteiger partial charge >= 0.3 is 0 Å². The molecule has 0 aliphatic heterocycles. The molecule has 1 rings (SSSR count). The molecule has 0 aromatic heterocycles. The maximum Gasteiger partial charge on any atom is 0.161 e. The number of benzene rings is 1. The second kappa shape index (κ2) is 13.7. The van der Waals surface area contributed by atoms with Gasteiger partial charge in [-0.05, 0) is 48.8 Å². The van der Waals surface area contributed by atoms with Crippen LogP contribution in [0.4, 0.5) is 0 Å². The van der Waals surface area contributed by atoms with Crippen LogP contribution >= 0.6 is 12.2 Å². The minimum atomic E-state index is -0.374. The van der Waals surface area contributed by atoms with E-state index < -0.39 is 0 Å². The molecule has 2 N–H and O–H groups in total. The molecule has 0 aliphatic rings. The number of methoxy groups -OCH3 is 2. The Bertz CT molecular complexity index is 539. The third kappa shape index (κ3) is 9.40. The summed E-state index contributed by atoms with van der Waals surface area (Å²) < 4.78 is 16.4. The van der Waals surface area contributed by atoms with E-state index in [1.807, 2.05) is 6.07 Å². The molecule has 0 saturated heterocycles. The lowest BCUT2D eigenvalue weighted by molar-refractivity contribution is 0.152. The fraction of sp³-hybridized carbons (Fsp3) is 0.667. The summed E-state index contributed by atoms with van der Waals surface area (Å²) in [7, 11) is 3.35. The van der Waals surface area contributed by atoms with E-state index in [4.69, 9.17) is 26.4 Å². The number of thiocarbonyl (C=S) groups is 1. The van der Waals surface area contributed by atoms with Crippen LogP contribution in [0.2, 0.25) is 0 Å². The van der Waals surface area contributed by atoms with E-state index in [1.54, 1.807) is 14.2 Å². The Kier molecular flexibility index (Phi) is 12.1. The summed E-state index contributed by atoms with van der Waals surface area (Å²) in [5.41, 5.74) is 2.68. The van der Waals surface area contributed by atoms with E-state index in [0.717, 1.165) is 37.2 Å². The highest BCUT2D eigenvalue weighted by molar-refractivity contribution is 7.78. The van der Waals surface area contributed by atoms with E-state index in [1.165, 1.54) is 11.1 Å². The van der Waals surface area contributed by atoms with Crippen molar-refractivity contribution in [3.63, 3.8) is 0 Å². The van der Waals surface area contributed by atoms with E-state index in [2.05, 4.69) is 31.3 Å². The van der Waals surface area contributed by atoms with Crippen molar-refractivity contribution in [1.29, 1.82) is 0 Å². The predicted octanol–water partition coefficient (Wildman–Crippen LogP) is 3.61. The molecular formula is C21H35NO4S. The summed E-state index contributed by atoms with van der Waals surface area (Å²) >= 11 is 4.74. The molecule has 0 amide bonds. The predicted molar refractivity (Wildman–Crippen MR) is 114 cm³/mol. The first-order chi connectivity index (χ1) is 13.0. The van der Waals surface area contributed by atoms with E-state index in [0.29, 0.717) is 31.6 Å². The minimum absolute atomic E-state index is 0.374. The maximum atomic E-state index is 10.1. The van der Waals surface area contributed by atoms with Gasteiger partial charge in [0.05, 0.1) is 25.3 Å². The second-order valence-corrected chi connectivity index (χ2v) is 7.38. The Balaban J connectivity index is 2.70. The van der Waals surface area contributed by atoms with Crippen LogP contribution in [0.5, 0.6) is 11.5 Å². The lowest BCUT2D eigenvalue weighted by Crippen LogP contribution is -2.26. The lowest BCUT2D eigenvalue weighted by Gasteiger charge is -2.23. The first-order valence-electron chi connectivity index (χ1n) is 9.65. The number of rotatable bonds is 15. The molecule has 0 aliphatic carbocycles. The average Bonchev–Trinajstić information content (AvgIpc) is 2.66. The molecule has 0 spiro atoms. The monoisotopic (exact) mass is 397 g/mol. The van der Waals surface area contributed by atoms with Crippen molar-refractivity contribution in [2.45, 2.75) is 45.6 Å². The Morgan fingerprint density at radius 3 is 2.56 bits per heavy atom. The Morgan fingerprint density at radius 2 is 1.93 bits per heavy atom. The SMILES string of the molecule is COCCCOc1cc(CC(CCC(O)CNC=S)C(C)C)ccc1OC. The summed E-state index contributed by atoms with van der Waals surface area (Å²) in [5, 5.41) is 13.0. The van der Waals surface area contributed by atoms with Crippen LogP contribution in [0, 0.1) is 11.8 Å². The van der Waals surface area contributed by atoms with Crippen molar-refractivity contribution in [3.05, 3.63) is 23.8 Å². The summed E-state index contributed by atoms with van der Waals surface area (Å²) in [5.74, 6) is 2.54. The summed E-state index contributed by atoms with van der Waals surface area (Å²) in [6.07, 6.45) is 3.14. The third-order valence-corrected chi connectivity index (χ3v) is 4.89. The van der Waals surface area contributed by atoms with Gasteiger partial charge in [-0.25, -0.2) is 0 Å². The summed E-state index contributed by atoms with van der Waals surface area (Å²) in [6, 6.07) is 6.14. The van der Waals surface area contributed by atoms with Gasteiger partial charge < -0.3 is 24.6 Å². The second-order valence-electron chi connectivity index (χ2n) is 7.15. The fourth-order valence-electron chi connectivity index (χ4n) is 3.01. The van der Waals surface area contributed by atoms with Gasteiger partial charge in [0.1, 0.15) is 0 Å². The highest BCUT2D eigenvalue weighted by atomic mass is 32.1. The van der Waals surface area contributed by atoms with Crippen LogP contribution in [0.15, 0.2) is 18.2 Å². The van der Waals surface area contributed by atoms with Crippen molar-refractivity contribution in [2.75, 3.05) is 34.0 Å². The molecule has 0 radical (unpaired) electrons. The zero-order valence-corrected chi connectivity index (χ0v) is 17.9. The van der Waals surface area contributed by atoms with Crippen molar-refractivity contribution < 1.29 is 19.3 Å². The number of hydrogen-bond acceptors (Lipinski definition) is 5. The van der Waals surface area contributed by atoms with E-state index in [9.17, 15) is 5.11 Å². The summed E-state index contributed by atoms with van der Waals surface area (Å²) in [6.45, 7) is 6.25. The Labute approximate surface area is 169 Å².